The van der Waals surface area contributed by atoms with E-state index in [2.05, 4.69) is 15.5 Å². The van der Waals surface area contributed by atoms with Crippen molar-refractivity contribution in [1.29, 1.82) is 0 Å². The Balaban J connectivity index is 0.836. The SMILES string of the molecule is CN(CCCCC(=O)Nc1ccc(C2OCCO2)cc1)C(=O)CCN1C[C@H]2CC(OC(=O)Nc3ccccc3-c3ccccc3)C[C@H]2C1. The number of ether oxygens (including phenoxy) is 3. The minimum absolute atomic E-state index is 0.0358. The number of nitrogens with one attached hydrogen (secondary N) is 2. The molecule has 3 amide bonds. The van der Waals surface area contributed by atoms with Crippen LogP contribution in [0.1, 0.15) is 50.4 Å². The number of fused-ring (bicyclic) bond motifs is 1. The van der Waals surface area contributed by atoms with Gasteiger partial charge in [0.05, 0.1) is 18.9 Å². The number of benzene rings is 3. The van der Waals surface area contributed by atoms with Gasteiger partial charge in [0.25, 0.3) is 0 Å². The minimum Gasteiger partial charge on any atom is -0.446 e. The van der Waals surface area contributed by atoms with Gasteiger partial charge in [0, 0.05) is 62.9 Å². The lowest BCUT2D eigenvalue weighted by Crippen LogP contribution is -2.33. The zero-order valence-corrected chi connectivity index (χ0v) is 27.6. The van der Waals surface area contributed by atoms with Gasteiger partial charge in [-0.3, -0.25) is 14.9 Å². The Labute approximate surface area is 282 Å². The molecule has 0 radical (unpaired) electrons. The highest BCUT2D eigenvalue weighted by atomic mass is 16.7. The fraction of sp³-hybridized carbons (Fsp3) is 0.447. The fourth-order valence-corrected chi connectivity index (χ4v) is 7.07. The molecule has 254 valence electrons. The molecule has 1 unspecified atom stereocenters. The summed E-state index contributed by atoms with van der Waals surface area (Å²) in [4.78, 5) is 42.2. The molecule has 6 rings (SSSR count). The molecule has 3 aromatic carbocycles. The van der Waals surface area contributed by atoms with Crippen LogP contribution in [0.5, 0.6) is 0 Å². The Morgan fingerprint density at radius 2 is 1.52 bits per heavy atom. The van der Waals surface area contributed by atoms with E-state index in [-0.39, 0.29) is 24.2 Å². The highest BCUT2D eigenvalue weighted by Crippen LogP contribution is 2.40. The van der Waals surface area contributed by atoms with Gasteiger partial charge in [-0.15, -0.1) is 0 Å². The Kier molecular flexibility index (Phi) is 11.4. The molecule has 2 saturated heterocycles. The van der Waals surface area contributed by atoms with Crippen molar-refractivity contribution >= 4 is 29.3 Å². The third-order valence-electron chi connectivity index (χ3n) is 9.61. The monoisotopic (exact) mass is 654 g/mol. The number of carbonyl (C=O) groups excluding carboxylic acids is 3. The normalized spacial score (nSPS) is 20.7. The van der Waals surface area contributed by atoms with Crippen LogP contribution in [-0.2, 0) is 23.8 Å². The number of likely N-dealkylation sites (tertiary alicyclic amines) is 1. The van der Waals surface area contributed by atoms with E-state index in [1.54, 1.807) is 4.90 Å². The van der Waals surface area contributed by atoms with Gasteiger partial charge in [0.1, 0.15) is 6.10 Å². The molecule has 10 nitrogen and oxygen atoms in total. The van der Waals surface area contributed by atoms with E-state index in [1.807, 2.05) is 85.9 Å². The number of amides is 3. The molecule has 3 fully saturated rings. The van der Waals surface area contributed by atoms with Crippen LogP contribution in [0.4, 0.5) is 16.2 Å². The zero-order chi connectivity index (χ0) is 33.3. The average Bonchev–Trinajstić information content (AvgIpc) is 3.85. The highest BCUT2D eigenvalue weighted by molar-refractivity contribution is 5.92. The molecule has 48 heavy (non-hydrogen) atoms. The largest absolute Gasteiger partial charge is 0.446 e. The van der Waals surface area contributed by atoms with Crippen LogP contribution in [0.15, 0.2) is 78.9 Å². The van der Waals surface area contributed by atoms with Crippen LogP contribution < -0.4 is 10.6 Å². The molecular weight excluding hydrogens is 608 g/mol. The molecule has 10 heteroatoms. The quantitative estimate of drug-likeness (QED) is 0.208. The first kappa shape index (κ1) is 33.6. The van der Waals surface area contributed by atoms with Gasteiger partial charge in [-0.2, -0.15) is 0 Å². The van der Waals surface area contributed by atoms with Crippen LogP contribution in [0.25, 0.3) is 11.1 Å². The molecule has 3 atom stereocenters. The van der Waals surface area contributed by atoms with Gasteiger partial charge in [-0.1, -0.05) is 60.7 Å². The molecule has 2 aliphatic heterocycles. The van der Waals surface area contributed by atoms with E-state index >= 15 is 0 Å². The van der Waals surface area contributed by atoms with Crippen molar-refractivity contribution < 1.29 is 28.6 Å². The molecule has 1 aliphatic carbocycles. The fourth-order valence-electron chi connectivity index (χ4n) is 7.07. The van der Waals surface area contributed by atoms with Crippen LogP contribution in [0, 0.1) is 11.8 Å². The molecule has 2 heterocycles. The smallest absolute Gasteiger partial charge is 0.411 e. The summed E-state index contributed by atoms with van der Waals surface area (Å²) in [6, 6.07) is 25.3. The van der Waals surface area contributed by atoms with Gasteiger partial charge in [-0.25, -0.2) is 4.79 Å². The Morgan fingerprint density at radius 1 is 0.833 bits per heavy atom. The maximum absolute atomic E-state index is 12.8. The number of hydrogen-bond acceptors (Lipinski definition) is 7. The molecule has 2 N–H and O–H groups in total. The van der Waals surface area contributed by atoms with Crippen molar-refractivity contribution in [3.8, 4) is 11.1 Å². The zero-order valence-electron chi connectivity index (χ0n) is 27.6. The molecule has 1 saturated carbocycles. The molecule has 0 bridgehead atoms. The van der Waals surface area contributed by atoms with Crippen molar-refractivity contribution in [2.45, 2.75) is 50.9 Å². The summed E-state index contributed by atoms with van der Waals surface area (Å²) in [5, 5.41) is 5.89. The van der Waals surface area contributed by atoms with Gasteiger partial charge < -0.3 is 29.3 Å². The van der Waals surface area contributed by atoms with Gasteiger partial charge in [-0.05, 0) is 61.3 Å². The Morgan fingerprint density at radius 3 is 2.25 bits per heavy atom. The van der Waals surface area contributed by atoms with Crippen molar-refractivity contribution in [2.24, 2.45) is 11.8 Å². The third-order valence-corrected chi connectivity index (χ3v) is 9.61. The number of para-hydroxylation sites is 1. The lowest BCUT2D eigenvalue weighted by Gasteiger charge is -2.21. The van der Waals surface area contributed by atoms with Crippen LogP contribution in [-0.4, -0.2) is 80.3 Å². The van der Waals surface area contributed by atoms with Crippen LogP contribution >= 0.6 is 0 Å². The summed E-state index contributed by atoms with van der Waals surface area (Å²) >= 11 is 0. The first-order valence-corrected chi connectivity index (χ1v) is 17.1. The van der Waals surface area contributed by atoms with Crippen molar-refractivity contribution in [2.75, 3.05) is 57.1 Å². The van der Waals surface area contributed by atoms with E-state index < -0.39 is 6.09 Å². The Bertz CT molecular complexity index is 1510. The molecule has 0 spiro atoms. The summed E-state index contributed by atoms with van der Waals surface area (Å²) in [6.45, 7) is 4.41. The summed E-state index contributed by atoms with van der Waals surface area (Å²) < 4.78 is 16.9. The first-order valence-electron chi connectivity index (χ1n) is 17.1. The second-order valence-corrected chi connectivity index (χ2v) is 13.1. The number of anilines is 2. The number of carbonyl (C=O) groups is 3. The second-order valence-electron chi connectivity index (χ2n) is 13.1. The molecule has 3 aliphatic rings. The molecule has 0 aromatic heterocycles. The molecule has 3 aromatic rings. The number of nitrogens with zero attached hydrogens (tertiary/aromatic N) is 2. The van der Waals surface area contributed by atoms with Gasteiger partial charge >= 0.3 is 6.09 Å². The predicted molar refractivity (Wildman–Crippen MR) is 184 cm³/mol. The average molecular weight is 655 g/mol. The summed E-state index contributed by atoms with van der Waals surface area (Å²) in [7, 11) is 1.84. The number of hydrogen-bond donors (Lipinski definition) is 2. The highest BCUT2D eigenvalue weighted by Gasteiger charge is 2.42. The van der Waals surface area contributed by atoms with Crippen molar-refractivity contribution in [1.82, 2.24) is 9.80 Å². The minimum atomic E-state index is -0.412. The third kappa shape index (κ3) is 9.00. The van der Waals surface area contributed by atoms with Gasteiger partial charge in [0.2, 0.25) is 11.8 Å². The number of rotatable bonds is 13. The lowest BCUT2D eigenvalue weighted by atomic mass is 10.0. The maximum Gasteiger partial charge on any atom is 0.411 e. The predicted octanol–water partition coefficient (Wildman–Crippen LogP) is 6.32. The van der Waals surface area contributed by atoms with Crippen LogP contribution in [0.2, 0.25) is 0 Å². The van der Waals surface area contributed by atoms with E-state index in [0.29, 0.717) is 50.9 Å². The topological polar surface area (TPSA) is 109 Å². The number of unbranched alkanes of at least 4 members (excludes halogenated alkanes) is 1. The van der Waals surface area contributed by atoms with Crippen molar-refractivity contribution in [3.63, 3.8) is 0 Å². The molecular formula is C38H46N4O6. The van der Waals surface area contributed by atoms with Crippen molar-refractivity contribution in [3.05, 3.63) is 84.4 Å². The maximum atomic E-state index is 12.8. The Hall–Kier alpha value is -4.25. The van der Waals surface area contributed by atoms with E-state index in [1.165, 1.54) is 0 Å². The van der Waals surface area contributed by atoms with E-state index in [4.69, 9.17) is 14.2 Å². The van der Waals surface area contributed by atoms with E-state index in [0.717, 1.165) is 67.0 Å². The summed E-state index contributed by atoms with van der Waals surface area (Å²) in [5.74, 6) is 1.05. The van der Waals surface area contributed by atoms with Gasteiger partial charge in [0.15, 0.2) is 6.29 Å². The first-order chi connectivity index (χ1) is 23.4. The summed E-state index contributed by atoms with van der Waals surface area (Å²) in [5.41, 5.74) is 4.42. The summed E-state index contributed by atoms with van der Waals surface area (Å²) in [6.07, 6.45) is 3.24. The lowest BCUT2D eigenvalue weighted by molar-refractivity contribution is -0.130. The van der Waals surface area contributed by atoms with Crippen LogP contribution in [0.3, 0.4) is 0 Å². The van der Waals surface area contributed by atoms with E-state index in [9.17, 15) is 14.4 Å². The second kappa shape index (κ2) is 16.2. The standard InChI is InChI=1S/C38H46N4O6/c1-41(19-8-7-13-35(43)39-31-16-14-28(15-17-31)37-46-21-22-47-37)36(44)18-20-42-25-29-23-32(24-30(29)26-42)48-38(45)40-34-12-6-5-11-33(34)27-9-3-2-4-10-27/h2-6,9-12,14-17,29-30,32,37H,7-8,13,18-26H2,1H3,(H,39,43)(H,40,45)/t29-,30+,32?.